The molecule has 93 valence electrons. The molecule has 0 amide bonds. The molecule has 0 aliphatic carbocycles. The topological polar surface area (TPSA) is 26.3 Å². The Morgan fingerprint density at radius 1 is 1.35 bits per heavy atom. The van der Waals surface area contributed by atoms with E-state index in [0.29, 0.717) is 18.1 Å². The first-order chi connectivity index (χ1) is 8.27. The number of ether oxygens (including phenoxy) is 1. The van der Waals surface area contributed by atoms with Gasteiger partial charge in [-0.2, -0.15) is 0 Å². The van der Waals surface area contributed by atoms with Crippen LogP contribution in [0.1, 0.15) is 49.9 Å². The third-order valence-electron chi connectivity index (χ3n) is 2.95. The number of esters is 1. The second-order valence-corrected chi connectivity index (χ2v) is 4.30. The summed E-state index contributed by atoms with van der Waals surface area (Å²) in [5.74, 6) is 0.267. The molecule has 1 radical (unpaired) electrons. The molecule has 1 atom stereocenters. The van der Waals surface area contributed by atoms with Crippen LogP contribution in [0.2, 0.25) is 0 Å². The Morgan fingerprint density at radius 3 is 2.65 bits per heavy atom. The van der Waals surface area contributed by atoms with Crippen LogP contribution in [0.25, 0.3) is 0 Å². The summed E-state index contributed by atoms with van der Waals surface area (Å²) in [6.45, 7) is 4.86. The maximum atomic E-state index is 11.7. The molecule has 0 bridgehead atoms. The number of benzene rings is 1. The molecule has 0 aliphatic rings. The predicted molar refractivity (Wildman–Crippen MR) is 68.9 cm³/mol. The molecule has 0 saturated carbocycles. The molecule has 0 spiro atoms. The van der Waals surface area contributed by atoms with E-state index in [0.717, 1.165) is 12.8 Å². The smallest absolute Gasteiger partial charge is 0.338 e. The van der Waals surface area contributed by atoms with E-state index in [1.54, 1.807) is 24.3 Å². The quantitative estimate of drug-likeness (QED) is 0.668. The van der Waals surface area contributed by atoms with Crippen molar-refractivity contribution in [3.8, 4) is 0 Å². The molecule has 17 heavy (non-hydrogen) atoms. The third-order valence-corrected chi connectivity index (χ3v) is 2.95. The lowest BCUT2D eigenvalue weighted by molar-refractivity contribution is 0.0428. The lowest BCUT2D eigenvalue weighted by Gasteiger charge is -2.14. The Hall–Kier alpha value is -1.31. The average Bonchev–Trinajstić information content (AvgIpc) is 2.39. The van der Waals surface area contributed by atoms with Gasteiger partial charge in [-0.15, -0.1) is 0 Å². The standard InChI is InChI=1S/C15H21O2/c1-3-5-9-13(4-2)12-17-15(16)14-10-7-6-8-11-14/h7-8,10-11,13H,3-5,9,12H2,1-2H3. The van der Waals surface area contributed by atoms with Crippen molar-refractivity contribution in [1.29, 1.82) is 0 Å². The first kappa shape index (κ1) is 13.8. The highest BCUT2D eigenvalue weighted by atomic mass is 16.5. The van der Waals surface area contributed by atoms with Gasteiger partial charge in [-0.05, 0) is 30.5 Å². The van der Waals surface area contributed by atoms with Gasteiger partial charge in [0.1, 0.15) is 0 Å². The molecule has 2 nitrogen and oxygen atoms in total. The molecular weight excluding hydrogens is 212 g/mol. The van der Waals surface area contributed by atoms with Gasteiger partial charge in [-0.25, -0.2) is 4.79 Å². The summed E-state index contributed by atoms with van der Waals surface area (Å²) in [5.41, 5.74) is 0.606. The minimum atomic E-state index is -0.228. The van der Waals surface area contributed by atoms with E-state index in [1.807, 2.05) is 0 Å². The van der Waals surface area contributed by atoms with Crippen molar-refractivity contribution < 1.29 is 9.53 Å². The summed E-state index contributed by atoms with van der Waals surface area (Å²) in [5, 5.41) is 0. The van der Waals surface area contributed by atoms with Gasteiger partial charge in [0.2, 0.25) is 0 Å². The van der Waals surface area contributed by atoms with Gasteiger partial charge in [0.25, 0.3) is 0 Å². The monoisotopic (exact) mass is 233 g/mol. The normalized spacial score (nSPS) is 12.1. The van der Waals surface area contributed by atoms with Crippen LogP contribution in [0, 0.1) is 12.0 Å². The minimum Gasteiger partial charge on any atom is -0.462 e. The van der Waals surface area contributed by atoms with E-state index in [2.05, 4.69) is 19.9 Å². The summed E-state index contributed by atoms with van der Waals surface area (Å²) < 4.78 is 5.33. The van der Waals surface area contributed by atoms with Crippen LogP contribution in [0.5, 0.6) is 0 Å². The molecule has 1 unspecified atom stereocenters. The molecular formula is C15H21O2. The molecule has 0 aromatic heterocycles. The first-order valence-electron chi connectivity index (χ1n) is 6.41. The van der Waals surface area contributed by atoms with Crippen LogP contribution in [-0.4, -0.2) is 12.6 Å². The van der Waals surface area contributed by atoms with E-state index in [-0.39, 0.29) is 5.97 Å². The summed E-state index contributed by atoms with van der Waals surface area (Å²) in [6, 6.07) is 9.80. The van der Waals surface area contributed by atoms with E-state index in [1.165, 1.54) is 12.8 Å². The van der Waals surface area contributed by atoms with Gasteiger partial charge in [0, 0.05) is 0 Å². The minimum absolute atomic E-state index is 0.228. The van der Waals surface area contributed by atoms with E-state index in [4.69, 9.17) is 4.74 Å². The van der Waals surface area contributed by atoms with Crippen LogP contribution in [-0.2, 0) is 4.74 Å². The van der Waals surface area contributed by atoms with Crippen molar-refractivity contribution in [2.45, 2.75) is 39.5 Å². The zero-order chi connectivity index (χ0) is 12.5. The fraction of sp³-hybridized carbons (Fsp3) is 0.533. The van der Waals surface area contributed by atoms with Crippen LogP contribution in [0.4, 0.5) is 0 Å². The number of hydrogen-bond donors (Lipinski definition) is 0. The van der Waals surface area contributed by atoms with Crippen molar-refractivity contribution >= 4 is 5.97 Å². The summed E-state index contributed by atoms with van der Waals surface area (Å²) in [4.78, 5) is 11.7. The highest BCUT2D eigenvalue weighted by molar-refractivity contribution is 5.89. The first-order valence-corrected chi connectivity index (χ1v) is 6.41. The van der Waals surface area contributed by atoms with Crippen LogP contribution in [0.3, 0.4) is 0 Å². The zero-order valence-electron chi connectivity index (χ0n) is 10.7. The summed E-state index contributed by atoms with van der Waals surface area (Å²) >= 11 is 0. The maximum Gasteiger partial charge on any atom is 0.338 e. The number of carbonyl (C=O) groups is 1. The second-order valence-electron chi connectivity index (χ2n) is 4.30. The molecule has 1 aromatic carbocycles. The van der Waals surface area contributed by atoms with Gasteiger partial charge < -0.3 is 4.74 Å². The lowest BCUT2D eigenvalue weighted by atomic mass is 10.0. The predicted octanol–water partition coefficient (Wildman–Crippen LogP) is 3.86. The molecule has 0 aliphatic heterocycles. The van der Waals surface area contributed by atoms with Crippen LogP contribution in [0.15, 0.2) is 24.3 Å². The fourth-order valence-electron chi connectivity index (χ4n) is 1.70. The van der Waals surface area contributed by atoms with E-state index < -0.39 is 0 Å². The number of rotatable bonds is 7. The van der Waals surface area contributed by atoms with Crippen LogP contribution >= 0.6 is 0 Å². The van der Waals surface area contributed by atoms with Gasteiger partial charge in [-0.1, -0.05) is 45.2 Å². The Bertz CT molecular complexity index is 319. The number of hydrogen-bond acceptors (Lipinski definition) is 2. The summed E-state index contributed by atoms with van der Waals surface area (Å²) in [6.07, 6.45) is 4.61. The van der Waals surface area contributed by atoms with Crippen molar-refractivity contribution in [2.75, 3.05) is 6.61 Å². The molecule has 2 heteroatoms. The molecule has 1 aromatic rings. The molecule has 0 heterocycles. The number of carbonyl (C=O) groups excluding carboxylic acids is 1. The van der Waals surface area contributed by atoms with Gasteiger partial charge in [0.05, 0.1) is 12.2 Å². The Kier molecular flexibility index (Phi) is 6.38. The third kappa shape index (κ3) is 5.03. The lowest BCUT2D eigenvalue weighted by Crippen LogP contribution is -2.13. The van der Waals surface area contributed by atoms with Crippen molar-refractivity contribution in [3.63, 3.8) is 0 Å². The molecule has 0 saturated heterocycles. The molecule has 0 N–H and O–H groups in total. The number of unbranched alkanes of at least 4 members (excludes halogenated alkanes) is 1. The Labute approximate surface area is 104 Å². The highest BCUT2D eigenvalue weighted by Crippen LogP contribution is 2.13. The molecule has 0 fully saturated rings. The largest absolute Gasteiger partial charge is 0.462 e. The van der Waals surface area contributed by atoms with Gasteiger partial charge in [-0.3, -0.25) is 0 Å². The molecule has 1 rings (SSSR count). The summed E-state index contributed by atoms with van der Waals surface area (Å²) in [7, 11) is 0. The van der Waals surface area contributed by atoms with Gasteiger partial charge in [0.15, 0.2) is 0 Å². The van der Waals surface area contributed by atoms with Crippen molar-refractivity contribution in [2.24, 2.45) is 5.92 Å². The van der Waals surface area contributed by atoms with E-state index in [9.17, 15) is 4.79 Å². The average molecular weight is 233 g/mol. The zero-order valence-corrected chi connectivity index (χ0v) is 10.7. The second kappa shape index (κ2) is 7.88. The maximum absolute atomic E-state index is 11.7. The fourth-order valence-corrected chi connectivity index (χ4v) is 1.70. The highest BCUT2D eigenvalue weighted by Gasteiger charge is 2.11. The van der Waals surface area contributed by atoms with Gasteiger partial charge >= 0.3 is 5.97 Å². The SMILES string of the molecule is CCCCC(CC)COC(=O)c1cc[c]cc1. The van der Waals surface area contributed by atoms with E-state index >= 15 is 0 Å². The Morgan fingerprint density at radius 2 is 2.06 bits per heavy atom. The van der Waals surface area contributed by atoms with Crippen LogP contribution < -0.4 is 0 Å². The van der Waals surface area contributed by atoms with Crippen molar-refractivity contribution in [3.05, 3.63) is 35.9 Å². The Balaban J connectivity index is 2.36. The van der Waals surface area contributed by atoms with Crippen molar-refractivity contribution in [1.82, 2.24) is 0 Å².